The first-order valence-electron chi connectivity index (χ1n) is 12.0. The highest BCUT2D eigenvalue weighted by Gasteiger charge is 2.45. The van der Waals surface area contributed by atoms with Crippen molar-refractivity contribution in [2.45, 2.75) is 47.1 Å². The summed E-state index contributed by atoms with van der Waals surface area (Å²) in [7, 11) is 0. The van der Waals surface area contributed by atoms with E-state index in [1.165, 1.54) is 4.90 Å². The van der Waals surface area contributed by atoms with Crippen LogP contribution in [0, 0.1) is 11.8 Å². The van der Waals surface area contributed by atoms with Crippen molar-refractivity contribution in [1.29, 1.82) is 0 Å². The molecule has 1 aliphatic heterocycles. The Morgan fingerprint density at radius 1 is 0.941 bits per heavy atom. The molecule has 1 N–H and O–H groups in total. The fraction of sp³-hybridized carbons (Fsp3) is 0.429. The van der Waals surface area contributed by atoms with Crippen LogP contribution in [0.25, 0.3) is 5.76 Å². The third kappa shape index (κ3) is 5.79. The Morgan fingerprint density at radius 3 is 2.15 bits per heavy atom. The van der Waals surface area contributed by atoms with E-state index >= 15 is 0 Å². The molecule has 6 heteroatoms. The highest BCUT2D eigenvalue weighted by molar-refractivity contribution is 6.46. The van der Waals surface area contributed by atoms with Gasteiger partial charge in [0, 0.05) is 12.1 Å². The summed E-state index contributed by atoms with van der Waals surface area (Å²) in [5.74, 6) is 0.641. The number of benzene rings is 2. The van der Waals surface area contributed by atoms with Gasteiger partial charge in [-0.05, 0) is 60.2 Å². The van der Waals surface area contributed by atoms with E-state index in [0.29, 0.717) is 55.1 Å². The lowest BCUT2D eigenvalue weighted by Gasteiger charge is -2.25. The zero-order valence-electron chi connectivity index (χ0n) is 20.7. The predicted octanol–water partition coefficient (Wildman–Crippen LogP) is 5.59. The van der Waals surface area contributed by atoms with Crippen LogP contribution in [0.3, 0.4) is 0 Å². The molecule has 34 heavy (non-hydrogen) atoms. The first kappa shape index (κ1) is 25.3. The van der Waals surface area contributed by atoms with Gasteiger partial charge in [0.2, 0.25) is 0 Å². The molecule has 1 atom stereocenters. The molecule has 3 rings (SSSR count). The Morgan fingerprint density at radius 2 is 1.56 bits per heavy atom. The largest absolute Gasteiger partial charge is 0.507 e. The third-order valence-electron chi connectivity index (χ3n) is 5.47. The molecular formula is C28H35NO5. The number of aliphatic hydroxyl groups is 1. The molecule has 0 aliphatic carbocycles. The second-order valence-electron chi connectivity index (χ2n) is 9.50. The molecule has 1 aliphatic rings. The highest BCUT2D eigenvalue weighted by atomic mass is 16.5. The fourth-order valence-corrected chi connectivity index (χ4v) is 3.86. The number of aliphatic hydroxyl groups excluding tert-OH is 1. The number of rotatable bonds is 10. The summed E-state index contributed by atoms with van der Waals surface area (Å²) in [6.45, 7) is 11.8. The lowest BCUT2D eigenvalue weighted by Crippen LogP contribution is -2.30. The van der Waals surface area contributed by atoms with E-state index < -0.39 is 17.7 Å². The third-order valence-corrected chi connectivity index (χ3v) is 5.47. The molecule has 1 amide bonds. The van der Waals surface area contributed by atoms with Crippen LogP contribution in [0.5, 0.6) is 11.5 Å². The van der Waals surface area contributed by atoms with Crippen molar-refractivity contribution in [3.8, 4) is 11.5 Å². The van der Waals surface area contributed by atoms with Crippen LogP contribution in [0.4, 0.5) is 0 Å². The number of carbonyl (C=O) groups excluding carboxylic acids is 2. The number of hydrogen-bond donors (Lipinski definition) is 1. The first-order chi connectivity index (χ1) is 16.2. The molecule has 2 aromatic rings. The second kappa shape index (κ2) is 11.2. The van der Waals surface area contributed by atoms with Gasteiger partial charge < -0.3 is 19.5 Å². The van der Waals surface area contributed by atoms with Crippen molar-refractivity contribution in [3.05, 3.63) is 65.2 Å². The molecule has 0 spiro atoms. The number of Topliss-reactive ketones (excluding diaryl/α,β-unsaturated/α-hetero) is 1. The summed E-state index contributed by atoms with van der Waals surface area (Å²) in [6.07, 6.45) is 0.689. The average Bonchev–Trinajstić information content (AvgIpc) is 3.07. The Kier molecular flexibility index (Phi) is 8.37. The maximum Gasteiger partial charge on any atom is 0.295 e. The van der Waals surface area contributed by atoms with E-state index in [1.807, 2.05) is 31.2 Å². The molecule has 1 fully saturated rings. The number of amides is 1. The van der Waals surface area contributed by atoms with Crippen molar-refractivity contribution in [2.24, 2.45) is 11.8 Å². The Hall–Kier alpha value is -3.28. The summed E-state index contributed by atoms with van der Waals surface area (Å²) in [6, 6.07) is 13.7. The van der Waals surface area contributed by atoms with Gasteiger partial charge in [-0.25, -0.2) is 0 Å². The number of carbonyl (C=O) groups is 2. The quantitative estimate of drug-likeness (QED) is 0.281. The molecule has 0 radical (unpaired) electrons. The van der Waals surface area contributed by atoms with Gasteiger partial charge in [-0.15, -0.1) is 0 Å². The van der Waals surface area contributed by atoms with Crippen LogP contribution in [0.2, 0.25) is 0 Å². The highest BCUT2D eigenvalue weighted by Crippen LogP contribution is 2.40. The summed E-state index contributed by atoms with van der Waals surface area (Å²) in [5, 5.41) is 11.2. The standard InChI is InChI=1S/C28H35NO5/c1-6-14-29-25(21-8-7-9-23(15-21)34-17-19(4)5)24(27(31)28(29)32)26(30)20-10-12-22(13-11-20)33-16-18(2)3/h7-13,15,18-19,25,30H,6,14,16-17H2,1-5H3/b26-24-. The van der Waals surface area contributed by atoms with Gasteiger partial charge in [0.1, 0.15) is 17.3 Å². The molecule has 1 unspecified atom stereocenters. The van der Waals surface area contributed by atoms with Crippen LogP contribution < -0.4 is 9.47 Å². The van der Waals surface area contributed by atoms with Crippen molar-refractivity contribution in [3.63, 3.8) is 0 Å². The Bertz CT molecular complexity index is 1040. The smallest absolute Gasteiger partial charge is 0.295 e. The number of nitrogens with zero attached hydrogens (tertiary/aromatic N) is 1. The second-order valence-corrected chi connectivity index (χ2v) is 9.50. The van der Waals surface area contributed by atoms with Crippen LogP contribution in [-0.2, 0) is 9.59 Å². The molecule has 182 valence electrons. The summed E-state index contributed by atoms with van der Waals surface area (Å²) >= 11 is 0. The molecular weight excluding hydrogens is 430 g/mol. The predicted molar refractivity (Wildman–Crippen MR) is 133 cm³/mol. The van der Waals surface area contributed by atoms with E-state index in [-0.39, 0.29) is 11.3 Å². The Labute approximate surface area is 202 Å². The van der Waals surface area contributed by atoms with Crippen molar-refractivity contribution in [2.75, 3.05) is 19.8 Å². The minimum atomic E-state index is -0.681. The molecule has 1 saturated heterocycles. The van der Waals surface area contributed by atoms with E-state index in [9.17, 15) is 14.7 Å². The average molecular weight is 466 g/mol. The summed E-state index contributed by atoms with van der Waals surface area (Å²) < 4.78 is 11.6. The van der Waals surface area contributed by atoms with Crippen molar-refractivity contribution >= 4 is 17.4 Å². The number of ether oxygens (including phenoxy) is 2. The molecule has 6 nitrogen and oxygen atoms in total. The van der Waals surface area contributed by atoms with Gasteiger partial charge in [-0.3, -0.25) is 9.59 Å². The van der Waals surface area contributed by atoms with Crippen LogP contribution >= 0.6 is 0 Å². The Balaban J connectivity index is 2.01. The van der Waals surface area contributed by atoms with Gasteiger partial charge in [0.25, 0.3) is 11.7 Å². The first-order valence-corrected chi connectivity index (χ1v) is 12.0. The van der Waals surface area contributed by atoms with E-state index in [4.69, 9.17) is 9.47 Å². The molecule has 1 heterocycles. The van der Waals surface area contributed by atoms with Gasteiger partial charge in [-0.1, -0.05) is 46.8 Å². The number of ketones is 1. The molecule has 0 aromatic heterocycles. The van der Waals surface area contributed by atoms with E-state index in [2.05, 4.69) is 27.7 Å². The topological polar surface area (TPSA) is 76.1 Å². The van der Waals surface area contributed by atoms with Crippen LogP contribution in [0.15, 0.2) is 54.1 Å². The summed E-state index contributed by atoms with van der Waals surface area (Å²) in [4.78, 5) is 27.5. The van der Waals surface area contributed by atoms with Crippen molar-refractivity contribution < 1.29 is 24.2 Å². The normalized spacial score (nSPS) is 17.6. The minimum absolute atomic E-state index is 0.0929. The zero-order valence-corrected chi connectivity index (χ0v) is 20.7. The maximum absolute atomic E-state index is 13.1. The van der Waals surface area contributed by atoms with Gasteiger partial charge in [-0.2, -0.15) is 0 Å². The van der Waals surface area contributed by atoms with Crippen molar-refractivity contribution in [1.82, 2.24) is 4.90 Å². The zero-order chi connectivity index (χ0) is 24.8. The molecule has 0 saturated carbocycles. The fourth-order valence-electron chi connectivity index (χ4n) is 3.86. The molecule has 0 bridgehead atoms. The maximum atomic E-state index is 13.1. The van der Waals surface area contributed by atoms with Gasteiger partial charge in [0.15, 0.2) is 0 Å². The monoisotopic (exact) mass is 465 g/mol. The number of hydrogen-bond acceptors (Lipinski definition) is 5. The minimum Gasteiger partial charge on any atom is -0.507 e. The number of likely N-dealkylation sites (tertiary alicyclic amines) is 1. The molecule has 2 aromatic carbocycles. The van der Waals surface area contributed by atoms with Gasteiger partial charge in [0.05, 0.1) is 24.8 Å². The lowest BCUT2D eigenvalue weighted by atomic mass is 9.95. The van der Waals surface area contributed by atoms with Crippen LogP contribution in [-0.4, -0.2) is 41.5 Å². The van der Waals surface area contributed by atoms with E-state index in [1.54, 1.807) is 24.3 Å². The lowest BCUT2D eigenvalue weighted by molar-refractivity contribution is -0.139. The van der Waals surface area contributed by atoms with Gasteiger partial charge >= 0.3 is 0 Å². The van der Waals surface area contributed by atoms with E-state index in [0.717, 1.165) is 5.56 Å². The van der Waals surface area contributed by atoms with Crippen LogP contribution in [0.1, 0.15) is 58.2 Å². The SMILES string of the molecule is CCCN1C(=O)C(=O)/C(=C(\O)c2ccc(OCC(C)C)cc2)C1c1cccc(OCC(C)C)c1. The summed E-state index contributed by atoms with van der Waals surface area (Å²) in [5.41, 5.74) is 1.28.